The van der Waals surface area contributed by atoms with Crippen LogP contribution in [0.3, 0.4) is 0 Å². The number of hydrogen-bond acceptors (Lipinski definition) is 5. The Labute approximate surface area is 178 Å². The molecule has 0 spiro atoms. The van der Waals surface area contributed by atoms with E-state index in [9.17, 15) is 9.59 Å². The summed E-state index contributed by atoms with van der Waals surface area (Å²) in [4.78, 5) is 25.9. The standard InChI is InChI=1S/C24H22N2O5/c1-29-16-9-10-20-18(13-16)24(28)17-6-4-5-7-19(17)26(20)14-23(27)25-15-8-11-21(30-2)22(12-15)31-3/h4-13H,14H2,1-3H3,(H,25,27). The Kier molecular flexibility index (Phi) is 5.49. The number of rotatable bonds is 6. The number of aromatic nitrogens is 1. The summed E-state index contributed by atoms with van der Waals surface area (Å²) in [5, 5.41) is 3.93. The van der Waals surface area contributed by atoms with Crippen molar-refractivity contribution in [3.05, 3.63) is 70.9 Å². The lowest BCUT2D eigenvalue weighted by Crippen LogP contribution is -2.21. The molecule has 1 amide bonds. The molecule has 0 unspecified atom stereocenters. The molecule has 1 aromatic heterocycles. The zero-order chi connectivity index (χ0) is 22.0. The van der Waals surface area contributed by atoms with Crippen LogP contribution < -0.4 is 25.0 Å². The van der Waals surface area contributed by atoms with E-state index < -0.39 is 0 Å². The van der Waals surface area contributed by atoms with Crippen molar-refractivity contribution in [3.63, 3.8) is 0 Å². The number of fused-ring (bicyclic) bond motifs is 2. The first-order chi connectivity index (χ1) is 15.0. The van der Waals surface area contributed by atoms with Crippen LogP contribution in [0.1, 0.15) is 0 Å². The zero-order valence-electron chi connectivity index (χ0n) is 17.5. The number of methoxy groups -OCH3 is 3. The third kappa shape index (κ3) is 3.77. The molecule has 0 aliphatic carbocycles. The quantitative estimate of drug-likeness (QED) is 0.482. The molecule has 0 atom stereocenters. The van der Waals surface area contributed by atoms with Crippen LogP contribution in [0.25, 0.3) is 21.8 Å². The van der Waals surface area contributed by atoms with Crippen LogP contribution in [-0.4, -0.2) is 31.8 Å². The van der Waals surface area contributed by atoms with Gasteiger partial charge in [-0.05, 0) is 42.5 Å². The maximum absolute atomic E-state index is 13.0. The van der Waals surface area contributed by atoms with Crippen LogP contribution in [0, 0.1) is 0 Å². The molecule has 3 aromatic carbocycles. The van der Waals surface area contributed by atoms with Gasteiger partial charge in [0.25, 0.3) is 0 Å². The molecule has 158 valence electrons. The lowest BCUT2D eigenvalue weighted by molar-refractivity contribution is -0.116. The van der Waals surface area contributed by atoms with Gasteiger partial charge < -0.3 is 24.1 Å². The summed E-state index contributed by atoms with van der Waals surface area (Å²) in [5.74, 6) is 1.44. The number of hydrogen-bond donors (Lipinski definition) is 1. The molecule has 0 aliphatic rings. The third-order valence-electron chi connectivity index (χ3n) is 5.15. The van der Waals surface area contributed by atoms with E-state index in [1.165, 1.54) is 7.11 Å². The fourth-order valence-electron chi connectivity index (χ4n) is 3.66. The van der Waals surface area contributed by atoms with Crippen LogP contribution in [-0.2, 0) is 11.3 Å². The highest BCUT2D eigenvalue weighted by Crippen LogP contribution is 2.30. The number of anilines is 1. The van der Waals surface area contributed by atoms with Crippen LogP contribution >= 0.6 is 0 Å². The molecule has 1 heterocycles. The van der Waals surface area contributed by atoms with Crippen molar-refractivity contribution in [2.75, 3.05) is 26.6 Å². The molecule has 0 saturated carbocycles. The predicted molar refractivity (Wildman–Crippen MR) is 120 cm³/mol. The Morgan fingerprint density at radius 2 is 1.58 bits per heavy atom. The number of pyridine rings is 1. The molecule has 0 radical (unpaired) electrons. The van der Waals surface area contributed by atoms with Gasteiger partial charge in [-0.1, -0.05) is 12.1 Å². The topological polar surface area (TPSA) is 78.8 Å². The Bertz CT molecular complexity index is 1340. The number of carbonyl (C=O) groups excluding carboxylic acids is 1. The highest BCUT2D eigenvalue weighted by molar-refractivity contribution is 5.97. The van der Waals surface area contributed by atoms with Gasteiger partial charge in [-0.2, -0.15) is 0 Å². The fourth-order valence-corrected chi connectivity index (χ4v) is 3.66. The highest BCUT2D eigenvalue weighted by atomic mass is 16.5. The van der Waals surface area contributed by atoms with Crippen molar-refractivity contribution in [2.45, 2.75) is 6.54 Å². The summed E-state index contributed by atoms with van der Waals surface area (Å²) in [6, 6.07) is 17.7. The van der Waals surface area contributed by atoms with E-state index in [0.29, 0.717) is 44.7 Å². The van der Waals surface area contributed by atoms with Gasteiger partial charge in [-0.25, -0.2) is 0 Å². The average molecular weight is 418 g/mol. The van der Waals surface area contributed by atoms with E-state index in [4.69, 9.17) is 14.2 Å². The summed E-state index contributed by atoms with van der Waals surface area (Å²) in [6.45, 7) is 0.0258. The fraction of sp³-hybridized carbons (Fsp3) is 0.167. The van der Waals surface area contributed by atoms with E-state index in [1.807, 2.05) is 22.8 Å². The SMILES string of the molecule is COc1ccc2c(c1)c(=O)c1ccccc1n2CC(=O)Nc1ccc(OC)c(OC)c1. The summed E-state index contributed by atoms with van der Waals surface area (Å²) in [7, 11) is 4.64. The second-order valence-electron chi connectivity index (χ2n) is 6.93. The zero-order valence-corrected chi connectivity index (χ0v) is 17.5. The van der Waals surface area contributed by atoms with Crippen molar-refractivity contribution in [1.82, 2.24) is 4.57 Å². The monoisotopic (exact) mass is 418 g/mol. The minimum atomic E-state index is -0.238. The number of nitrogens with zero attached hydrogens (tertiary/aromatic N) is 1. The molecular weight excluding hydrogens is 396 g/mol. The Hall–Kier alpha value is -4.00. The third-order valence-corrected chi connectivity index (χ3v) is 5.15. The van der Waals surface area contributed by atoms with Gasteiger partial charge in [0, 0.05) is 22.5 Å². The maximum Gasteiger partial charge on any atom is 0.244 e. The van der Waals surface area contributed by atoms with Gasteiger partial charge >= 0.3 is 0 Å². The van der Waals surface area contributed by atoms with E-state index >= 15 is 0 Å². The number of benzene rings is 3. The molecule has 1 N–H and O–H groups in total. The largest absolute Gasteiger partial charge is 0.497 e. The van der Waals surface area contributed by atoms with Crippen LogP contribution in [0.5, 0.6) is 17.2 Å². The molecule has 0 bridgehead atoms. The van der Waals surface area contributed by atoms with Gasteiger partial charge in [0.1, 0.15) is 12.3 Å². The number of ether oxygens (including phenoxy) is 3. The van der Waals surface area contributed by atoms with Gasteiger partial charge in [0.15, 0.2) is 16.9 Å². The first-order valence-electron chi connectivity index (χ1n) is 9.67. The molecule has 7 heteroatoms. The summed E-state index contributed by atoms with van der Waals surface area (Å²) >= 11 is 0. The lowest BCUT2D eigenvalue weighted by Gasteiger charge is -2.16. The smallest absolute Gasteiger partial charge is 0.244 e. The Morgan fingerprint density at radius 3 is 2.32 bits per heavy atom. The van der Waals surface area contributed by atoms with Crippen molar-refractivity contribution >= 4 is 33.4 Å². The molecule has 0 aliphatic heterocycles. The first kappa shape index (κ1) is 20.3. The molecule has 0 saturated heterocycles. The second-order valence-corrected chi connectivity index (χ2v) is 6.93. The van der Waals surface area contributed by atoms with E-state index in [-0.39, 0.29) is 17.9 Å². The first-order valence-corrected chi connectivity index (χ1v) is 9.67. The van der Waals surface area contributed by atoms with Crippen LogP contribution in [0.15, 0.2) is 65.5 Å². The van der Waals surface area contributed by atoms with Crippen molar-refractivity contribution in [2.24, 2.45) is 0 Å². The average Bonchev–Trinajstić information content (AvgIpc) is 2.81. The molecule has 0 fully saturated rings. The van der Waals surface area contributed by atoms with Gasteiger partial charge in [-0.3, -0.25) is 9.59 Å². The predicted octanol–water partition coefficient (Wildman–Crippen LogP) is 3.82. The van der Waals surface area contributed by atoms with Crippen molar-refractivity contribution in [1.29, 1.82) is 0 Å². The minimum Gasteiger partial charge on any atom is -0.497 e. The molecule has 7 nitrogen and oxygen atoms in total. The Balaban J connectivity index is 1.76. The van der Waals surface area contributed by atoms with Crippen LogP contribution in [0.4, 0.5) is 5.69 Å². The van der Waals surface area contributed by atoms with Crippen molar-refractivity contribution in [3.8, 4) is 17.2 Å². The summed E-state index contributed by atoms with van der Waals surface area (Å²) in [6.07, 6.45) is 0. The minimum absolute atomic E-state index is 0.0258. The normalized spacial score (nSPS) is 10.8. The number of carbonyl (C=O) groups is 1. The molecule has 4 aromatic rings. The van der Waals surface area contributed by atoms with Crippen LogP contribution in [0.2, 0.25) is 0 Å². The highest BCUT2D eigenvalue weighted by Gasteiger charge is 2.15. The van der Waals surface area contributed by atoms with Gasteiger partial charge in [-0.15, -0.1) is 0 Å². The molecule has 4 rings (SSSR count). The lowest BCUT2D eigenvalue weighted by atomic mass is 10.1. The summed E-state index contributed by atoms with van der Waals surface area (Å²) < 4.78 is 17.7. The van der Waals surface area contributed by atoms with E-state index in [0.717, 1.165) is 0 Å². The number of amides is 1. The summed E-state index contributed by atoms with van der Waals surface area (Å²) in [5.41, 5.74) is 1.83. The Morgan fingerprint density at radius 1 is 0.839 bits per heavy atom. The molecule has 31 heavy (non-hydrogen) atoms. The molecular formula is C24H22N2O5. The second kappa shape index (κ2) is 8.39. The van der Waals surface area contributed by atoms with Gasteiger partial charge in [0.05, 0.1) is 32.4 Å². The number of nitrogens with one attached hydrogen (secondary N) is 1. The maximum atomic E-state index is 13.0. The van der Waals surface area contributed by atoms with E-state index in [2.05, 4.69) is 5.32 Å². The number of para-hydroxylation sites is 1. The van der Waals surface area contributed by atoms with Crippen molar-refractivity contribution < 1.29 is 19.0 Å². The van der Waals surface area contributed by atoms with Gasteiger partial charge in [0.2, 0.25) is 5.91 Å². The van der Waals surface area contributed by atoms with E-state index in [1.54, 1.807) is 56.7 Å².